The van der Waals surface area contributed by atoms with Gasteiger partial charge in [0.15, 0.2) is 5.13 Å². The van der Waals surface area contributed by atoms with Gasteiger partial charge in [-0.15, -0.1) is 23.1 Å². The second-order valence-corrected chi connectivity index (χ2v) is 12.0. The molecule has 2 amide bonds. The topological polar surface area (TPSA) is 169 Å². The van der Waals surface area contributed by atoms with Crippen LogP contribution in [0.4, 0.5) is 10.8 Å². The van der Waals surface area contributed by atoms with Crippen LogP contribution in [0.1, 0.15) is 36.3 Å². The number of aliphatic hydroxyl groups is 1. The fourth-order valence-corrected chi connectivity index (χ4v) is 7.64. The first kappa shape index (κ1) is 27.1. The summed E-state index contributed by atoms with van der Waals surface area (Å²) in [5.74, 6) is -2.31. The largest absolute Gasteiger partial charge is 0.456 e. The number of nitro benzene ring substituents is 1. The molecule has 0 radical (unpaired) electrons. The molecule has 0 spiro atoms. The molecule has 12 nitrogen and oxygen atoms in total. The highest BCUT2D eigenvalue weighted by atomic mass is 32.2. The zero-order valence-electron chi connectivity index (χ0n) is 21.2. The third-order valence-electron chi connectivity index (χ3n) is 7.27. The van der Waals surface area contributed by atoms with Crippen LogP contribution < -0.4 is 10.6 Å². The van der Waals surface area contributed by atoms with Crippen LogP contribution in [0.15, 0.2) is 40.2 Å². The van der Waals surface area contributed by atoms with Gasteiger partial charge in [0.25, 0.3) is 11.6 Å². The average Bonchev–Trinajstić information content (AvgIpc) is 3.61. The number of anilines is 1. The number of aromatic nitrogens is 1. The maximum absolute atomic E-state index is 13.4. The zero-order chi connectivity index (χ0) is 28.0. The normalized spacial score (nSPS) is 24.9. The van der Waals surface area contributed by atoms with Crippen LogP contribution in [-0.4, -0.2) is 68.2 Å². The molecule has 3 aliphatic rings. The first-order chi connectivity index (χ1) is 18.6. The molecule has 0 aliphatic carbocycles. The van der Waals surface area contributed by atoms with Gasteiger partial charge in [-0.05, 0) is 31.0 Å². The minimum absolute atomic E-state index is 0.0662. The number of ether oxygens (including phenoxy) is 1. The maximum atomic E-state index is 13.4. The zero-order valence-corrected chi connectivity index (χ0v) is 22.8. The minimum atomic E-state index is -0.853. The van der Waals surface area contributed by atoms with Gasteiger partial charge in [-0.25, -0.2) is 9.78 Å². The summed E-state index contributed by atoms with van der Waals surface area (Å²) in [7, 11) is 0. The van der Waals surface area contributed by atoms with E-state index >= 15 is 0 Å². The molecule has 5 rings (SSSR count). The van der Waals surface area contributed by atoms with Crippen LogP contribution in [-0.2, 0) is 20.9 Å². The van der Waals surface area contributed by atoms with Gasteiger partial charge < -0.3 is 25.4 Å². The molecule has 3 N–H and O–H groups in total. The summed E-state index contributed by atoms with van der Waals surface area (Å²) >= 11 is 2.88. The van der Waals surface area contributed by atoms with Gasteiger partial charge in [0, 0.05) is 46.7 Å². The van der Waals surface area contributed by atoms with Gasteiger partial charge in [-0.1, -0.05) is 6.92 Å². The van der Waals surface area contributed by atoms with E-state index in [4.69, 9.17) is 10.5 Å². The van der Waals surface area contributed by atoms with Crippen molar-refractivity contribution in [2.45, 2.75) is 44.3 Å². The molecule has 1 aromatic heterocycles. The molecule has 0 saturated carbocycles. The number of esters is 1. The summed E-state index contributed by atoms with van der Waals surface area (Å²) in [5, 5.41) is 23.6. The molecular formula is C25H27N5O7S2. The van der Waals surface area contributed by atoms with Crippen molar-refractivity contribution in [2.75, 3.05) is 18.0 Å². The van der Waals surface area contributed by atoms with E-state index < -0.39 is 28.8 Å². The Labute approximate surface area is 232 Å². The second kappa shape index (κ2) is 10.6. The standard InChI is InChI=1S/C25H27N5O7S2/c1-12-19-18(13(2)31)23(33)29(19)20(24(34)37-10-14-3-5-15(6-4-14)30(35)36)21(12)39-16-7-8-28(9-16)25-27-17(11-38-25)22(26)32/h3-6,11-13,16,18-19,31H,7-10H2,1-2H3,(H2,26,32)/t12-,13-,16+,18-,19-/m1/s1. The van der Waals surface area contributed by atoms with Crippen LogP contribution in [0.3, 0.4) is 0 Å². The first-order valence-corrected chi connectivity index (χ1v) is 14.2. The van der Waals surface area contributed by atoms with Gasteiger partial charge in [0.05, 0.1) is 23.0 Å². The van der Waals surface area contributed by atoms with Crippen molar-refractivity contribution in [1.29, 1.82) is 0 Å². The van der Waals surface area contributed by atoms with Crippen LogP contribution in [0.5, 0.6) is 0 Å². The number of nitrogens with two attached hydrogens (primary N) is 1. The third kappa shape index (κ3) is 4.99. The van der Waals surface area contributed by atoms with Crippen LogP contribution in [0.25, 0.3) is 0 Å². The van der Waals surface area contributed by atoms with Crippen molar-refractivity contribution >= 4 is 51.7 Å². The van der Waals surface area contributed by atoms with Gasteiger partial charge in [-0.3, -0.25) is 19.7 Å². The number of hydrogen-bond donors (Lipinski definition) is 2. The van der Waals surface area contributed by atoms with Crippen molar-refractivity contribution in [3.8, 4) is 0 Å². The van der Waals surface area contributed by atoms with Crippen molar-refractivity contribution in [2.24, 2.45) is 17.6 Å². The summed E-state index contributed by atoms with van der Waals surface area (Å²) in [6, 6.07) is 5.37. The van der Waals surface area contributed by atoms with Crippen LogP contribution >= 0.6 is 23.1 Å². The molecule has 1 aromatic carbocycles. The SMILES string of the molecule is C[C@@H](O)[C@H]1C(=O)N2C(C(=O)OCc3ccc([N+](=O)[O-])cc3)=C(S[C@H]3CCN(c4nc(C(N)=O)cs4)C3)[C@H](C)[C@H]12. The number of aliphatic hydroxyl groups excluding tert-OH is 1. The third-order valence-corrected chi connectivity index (χ3v) is 9.71. The molecule has 14 heteroatoms. The number of fused-ring (bicyclic) bond motifs is 1. The number of nitrogens with zero attached hydrogens (tertiary/aromatic N) is 4. The van der Waals surface area contributed by atoms with E-state index in [2.05, 4.69) is 9.88 Å². The van der Waals surface area contributed by atoms with E-state index in [1.807, 2.05) is 6.92 Å². The van der Waals surface area contributed by atoms with E-state index in [1.54, 1.807) is 12.3 Å². The predicted molar refractivity (Wildman–Crippen MR) is 144 cm³/mol. The van der Waals surface area contributed by atoms with Crippen LogP contribution in [0, 0.1) is 22.0 Å². The molecule has 2 fully saturated rings. The van der Waals surface area contributed by atoms with Gasteiger partial charge in [0.1, 0.15) is 18.0 Å². The Morgan fingerprint density at radius 1 is 1.36 bits per heavy atom. The predicted octanol–water partition coefficient (Wildman–Crippen LogP) is 2.27. The average molecular weight is 574 g/mol. The summed E-state index contributed by atoms with van der Waals surface area (Å²) in [6.45, 7) is 4.77. The van der Waals surface area contributed by atoms with Gasteiger partial charge in [-0.2, -0.15) is 0 Å². The fraction of sp³-hybridized carbons (Fsp3) is 0.440. The van der Waals surface area contributed by atoms with E-state index in [1.165, 1.54) is 52.3 Å². The number of non-ortho nitro benzene ring substituents is 1. The van der Waals surface area contributed by atoms with Crippen molar-refractivity contribution in [1.82, 2.24) is 9.88 Å². The molecule has 0 bridgehead atoms. The molecule has 0 unspecified atom stereocenters. The molecule has 2 saturated heterocycles. The number of benzene rings is 1. The Morgan fingerprint density at radius 3 is 2.69 bits per heavy atom. The number of amides is 2. The fourth-order valence-electron chi connectivity index (χ4n) is 5.30. The van der Waals surface area contributed by atoms with E-state index in [0.717, 1.165) is 11.3 Å². The summed E-state index contributed by atoms with van der Waals surface area (Å²) in [5.41, 5.74) is 6.27. The number of carbonyl (C=O) groups excluding carboxylic acids is 3. The summed E-state index contributed by atoms with van der Waals surface area (Å²) < 4.78 is 5.57. The molecule has 2 aromatic rings. The Kier molecular flexibility index (Phi) is 7.35. The smallest absolute Gasteiger partial charge is 0.356 e. The molecule has 4 heterocycles. The number of β-lactam (4-membered cyclic amide) rings is 1. The quantitative estimate of drug-likeness (QED) is 0.196. The highest BCUT2D eigenvalue weighted by Crippen LogP contribution is 2.52. The molecular weight excluding hydrogens is 546 g/mol. The van der Waals surface area contributed by atoms with Crippen molar-refractivity contribution in [3.05, 3.63) is 61.6 Å². The number of thioether (sulfide) groups is 1. The lowest BCUT2D eigenvalue weighted by Crippen LogP contribution is -2.63. The lowest BCUT2D eigenvalue weighted by Gasteiger charge is -2.46. The van der Waals surface area contributed by atoms with Crippen LogP contribution in [0.2, 0.25) is 0 Å². The van der Waals surface area contributed by atoms with Gasteiger partial charge >= 0.3 is 5.97 Å². The molecule has 39 heavy (non-hydrogen) atoms. The molecule has 3 aliphatic heterocycles. The monoisotopic (exact) mass is 573 g/mol. The Hall–Kier alpha value is -3.49. The minimum Gasteiger partial charge on any atom is -0.456 e. The molecule has 206 valence electrons. The lowest BCUT2D eigenvalue weighted by molar-refractivity contribution is -0.384. The second-order valence-electron chi connectivity index (χ2n) is 9.82. The first-order valence-electron chi connectivity index (χ1n) is 12.4. The number of thiazole rings is 1. The number of rotatable bonds is 9. The van der Waals surface area contributed by atoms with Crippen molar-refractivity contribution in [3.63, 3.8) is 0 Å². The highest BCUT2D eigenvalue weighted by Gasteiger charge is 2.60. The van der Waals surface area contributed by atoms with E-state index in [0.29, 0.717) is 23.8 Å². The Bertz CT molecular complexity index is 1360. The summed E-state index contributed by atoms with van der Waals surface area (Å²) in [4.78, 5) is 56.8. The number of carbonyl (C=O) groups is 3. The van der Waals surface area contributed by atoms with E-state index in [9.17, 15) is 29.6 Å². The van der Waals surface area contributed by atoms with Gasteiger partial charge in [0.2, 0.25) is 5.91 Å². The molecule has 5 atom stereocenters. The lowest BCUT2D eigenvalue weighted by atomic mass is 9.79. The number of nitro groups is 1. The Balaban J connectivity index is 1.34. The summed E-state index contributed by atoms with van der Waals surface area (Å²) in [6.07, 6.45) is -0.0510. The number of hydrogen-bond acceptors (Lipinski definition) is 11. The number of primary amides is 1. The highest BCUT2D eigenvalue weighted by molar-refractivity contribution is 8.03. The van der Waals surface area contributed by atoms with E-state index in [-0.39, 0.29) is 46.8 Å². The van der Waals surface area contributed by atoms with Crippen molar-refractivity contribution < 1.29 is 29.2 Å². The Morgan fingerprint density at radius 2 is 2.08 bits per heavy atom. The maximum Gasteiger partial charge on any atom is 0.356 e.